The topological polar surface area (TPSA) is 98.7 Å². The Labute approximate surface area is 118 Å². The minimum Gasteiger partial charge on any atom is -0.479 e. The molecule has 0 aliphatic carbocycles. The Morgan fingerprint density at radius 3 is 2.68 bits per heavy atom. The van der Waals surface area contributed by atoms with Crippen LogP contribution in [0.3, 0.4) is 0 Å². The minimum atomic E-state index is -1.46. The van der Waals surface area contributed by atoms with Crippen LogP contribution in [0.15, 0.2) is 22.7 Å². The Morgan fingerprint density at radius 1 is 1.42 bits per heavy atom. The number of amides is 2. The minimum absolute atomic E-state index is 0.0396. The Kier molecular flexibility index (Phi) is 5.78. The Morgan fingerprint density at radius 2 is 2.11 bits per heavy atom. The van der Waals surface area contributed by atoms with Crippen LogP contribution in [0.5, 0.6) is 0 Å². The number of hydrogen-bond acceptors (Lipinski definition) is 3. The Balaban J connectivity index is 2.41. The summed E-state index contributed by atoms with van der Waals surface area (Å²) in [6.07, 6.45) is -1.50. The smallest absolute Gasteiger partial charge is 0.332 e. The van der Waals surface area contributed by atoms with E-state index in [9.17, 15) is 9.59 Å². The lowest BCUT2D eigenvalue weighted by Crippen LogP contribution is -2.33. The molecular formula is C12H15BrN2O4. The van der Waals surface area contributed by atoms with E-state index >= 15 is 0 Å². The number of carboxylic acid groups (broad SMARTS) is 1. The summed E-state index contributed by atoms with van der Waals surface area (Å²) < 4.78 is 0.917. The molecule has 0 fully saturated rings. The zero-order valence-corrected chi connectivity index (χ0v) is 11.9. The number of carbonyl (C=O) groups is 2. The number of hydrogen-bond donors (Lipinski definition) is 4. The van der Waals surface area contributed by atoms with Gasteiger partial charge in [0, 0.05) is 23.1 Å². The molecule has 0 saturated carbocycles. The highest BCUT2D eigenvalue weighted by Gasteiger charge is 2.13. The maximum Gasteiger partial charge on any atom is 0.332 e. The number of nitrogens with one attached hydrogen (secondary N) is 2. The molecule has 0 aliphatic rings. The maximum absolute atomic E-state index is 11.5. The highest BCUT2D eigenvalue weighted by Crippen LogP contribution is 2.19. The second-order valence-corrected chi connectivity index (χ2v) is 4.90. The lowest BCUT2D eigenvalue weighted by molar-refractivity contribution is -0.146. The zero-order valence-electron chi connectivity index (χ0n) is 10.3. The first-order valence-corrected chi connectivity index (χ1v) is 6.41. The van der Waals surface area contributed by atoms with Crippen molar-refractivity contribution in [3.05, 3.63) is 28.2 Å². The van der Waals surface area contributed by atoms with Crippen molar-refractivity contribution in [3.63, 3.8) is 0 Å². The summed E-state index contributed by atoms with van der Waals surface area (Å²) in [5.41, 5.74) is 1.56. The van der Waals surface area contributed by atoms with Crippen molar-refractivity contribution >= 4 is 33.6 Å². The molecule has 0 aliphatic heterocycles. The molecule has 0 bridgehead atoms. The van der Waals surface area contributed by atoms with Gasteiger partial charge in [0.15, 0.2) is 6.10 Å². The normalized spacial score (nSPS) is 11.7. The maximum atomic E-state index is 11.5. The van der Waals surface area contributed by atoms with Crippen LogP contribution in [0.25, 0.3) is 0 Å². The number of aliphatic hydroxyl groups is 1. The Bertz CT molecular complexity index is 479. The average molecular weight is 331 g/mol. The number of carboxylic acids is 1. The van der Waals surface area contributed by atoms with E-state index in [1.807, 2.05) is 13.0 Å². The second kappa shape index (κ2) is 7.10. The molecule has 7 heteroatoms. The lowest BCUT2D eigenvalue weighted by Gasteiger charge is -2.11. The summed E-state index contributed by atoms with van der Waals surface area (Å²) in [5, 5.41) is 22.6. The molecule has 4 N–H and O–H groups in total. The molecular weight excluding hydrogens is 316 g/mol. The SMILES string of the molecule is Cc1cc(Br)ccc1NC(=O)NCC[C@H](O)C(=O)O. The molecule has 19 heavy (non-hydrogen) atoms. The van der Waals surface area contributed by atoms with Gasteiger partial charge < -0.3 is 20.8 Å². The van der Waals surface area contributed by atoms with E-state index in [1.54, 1.807) is 12.1 Å². The number of anilines is 1. The highest BCUT2D eigenvalue weighted by molar-refractivity contribution is 9.10. The molecule has 2 amide bonds. The number of benzene rings is 1. The van der Waals surface area contributed by atoms with E-state index in [4.69, 9.17) is 10.2 Å². The summed E-state index contributed by atoms with van der Waals surface area (Å²) >= 11 is 3.32. The second-order valence-electron chi connectivity index (χ2n) is 3.98. The van der Waals surface area contributed by atoms with Crippen LogP contribution in [-0.2, 0) is 4.79 Å². The van der Waals surface area contributed by atoms with Gasteiger partial charge in [-0.25, -0.2) is 9.59 Å². The van der Waals surface area contributed by atoms with Crippen molar-refractivity contribution in [3.8, 4) is 0 Å². The molecule has 0 aromatic heterocycles. The van der Waals surface area contributed by atoms with Gasteiger partial charge in [0.25, 0.3) is 0 Å². The fourth-order valence-electron chi connectivity index (χ4n) is 1.38. The van der Waals surface area contributed by atoms with E-state index in [0.717, 1.165) is 10.0 Å². The third-order valence-electron chi connectivity index (χ3n) is 2.43. The summed E-state index contributed by atoms with van der Waals surface area (Å²) in [6.45, 7) is 1.93. The van der Waals surface area contributed by atoms with Gasteiger partial charge in [-0.05, 0) is 30.7 Å². The van der Waals surface area contributed by atoms with E-state index in [2.05, 4.69) is 26.6 Å². The third-order valence-corrected chi connectivity index (χ3v) is 2.92. The molecule has 0 unspecified atom stereocenters. The van der Waals surface area contributed by atoms with E-state index in [-0.39, 0.29) is 13.0 Å². The molecule has 0 radical (unpaired) electrons. The fourth-order valence-corrected chi connectivity index (χ4v) is 1.86. The van der Waals surface area contributed by atoms with Crippen LogP contribution in [-0.4, -0.2) is 34.9 Å². The van der Waals surface area contributed by atoms with E-state index in [1.165, 1.54) is 0 Å². The fraction of sp³-hybridized carbons (Fsp3) is 0.333. The van der Waals surface area contributed by atoms with Crippen LogP contribution in [0.1, 0.15) is 12.0 Å². The van der Waals surface area contributed by atoms with Crippen molar-refractivity contribution in [2.24, 2.45) is 0 Å². The standard InChI is InChI=1S/C12H15BrN2O4/c1-7-6-8(13)2-3-9(7)15-12(19)14-5-4-10(16)11(17)18/h2-3,6,10,16H,4-5H2,1H3,(H,17,18)(H2,14,15,19)/t10-/m0/s1. The molecule has 1 aromatic rings. The van der Waals surface area contributed by atoms with Gasteiger partial charge in [-0.1, -0.05) is 15.9 Å². The number of halogens is 1. The largest absolute Gasteiger partial charge is 0.479 e. The van der Waals surface area contributed by atoms with Crippen LogP contribution >= 0.6 is 15.9 Å². The van der Waals surface area contributed by atoms with Gasteiger partial charge in [0.1, 0.15) is 0 Å². The first-order chi connectivity index (χ1) is 8.90. The van der Waals surface area contributed by atoms with Gasteiger partial charge in [-0.15, -0.1) is 0 Å². The molecule has 104 valence electrons. The molecule has 6 nitrogen and oxygen atoms in total. The van der Waals surface area contributed by atoms with Gasteiger partial charge in [-0.2, -0.15) is 0 Å². The molecule has 1 aromatic carbocycles. The number of rotatable bonds is 5. The molecule has 1 rings (SSSR count). The van der Waals surface area contributed by atoms with Crippen LogP contribution in [0.4, 0.5) is 10.5 Å². The molecule has 0 spiro atoms. The number of aliphatic carboxylic acids is 1. The lowest BCUT2D eigenvalue weighted by atomic mass is 10.2. The average Bonchev–Trinajstić information content (AvgIpc) is 2.32. The molecule has 0 heterocycles. The predicted octanol–water partition coefficient (Wildman–Crippen LogP) is 1.71. The van der Waals surface area contributed by atoms with Crippen molar-refractivity contribution < 1.29 is 19.8 Å². The van der Waals surface area contributed by atoms with Gasteiger partial charge in [-0.3, -0.25) is 0 Å². The van der Waals surface area contributed by atoms with Crippen molar-refractivity contribution in [2.75, 3.05) is 11.9 Å². The molecule has 1 atom stereocenters. The monoisotopic (exact) mass is 330 g/mol. The summed E-state index contributed by atoms with van der Waals surface area (Å²) in [5.74, 6) is -1.30. The third kappa shape index (κ3) is 5.27. The van der Waals surface area contributed by atoms with Crippen LogP contribution < -0.4 is 10.6 Å². The van der Waals surface area contributed by atoms with Crippen molar-refractivity contribution in [1.82, 2.24) is 5.32 Å². The van der Waals surface area contributed by atoms with Gasteiger partial charge in [0.05, 0.1) is 0 Å². The van der Waals surface area contributed by atoms with Crippen LogP contribution in [0, 0.1) is 6.92 Å². The number of urea groups is 1. The quantitative estimate of drug-likeness (QED) is 0.660. The predicted molar refractivity (Wildman–Crippen MR) is 74.2 cm³/mol. The summed E-state index contributed by atoms with van der Waals surface area (Å²) in [4.78, 5) is 21.9. The highest BCUT2D eigenvalue weighted by atomic mass is 79.9. The van der Waals surface area contributed by atoms with Gasteiger partial charge in [0.2, 0.25) is 0 Å². The van der Waals surface area contributed by atoms with Crippen molar-refractivity contribution in [2.45, 2.75) is 19.4 Å². The zero-order chi connectivity index (χ0) is 14.4. The number of aliphatic hydroxyl groups excluding tert-OH is 1. The number of aryl methyl sites for hydroxylation is 1. The van der Waals surface area contributed by atoms with Crippen molar-refractivity contribution in [1.29, 1.82) is 0 Å². The van der Waals surface area contributed by atoms with Gasteiger partial charge >= 0.3 is 12.0 Å². The Hall–Kier alpha value is -1.60. The molecule has 0 saturated heterocycles. The summed E-state index contributed by atoms with van der Waals surface area (Å²) in [7, 11) is 0. The first kappa shape index (κ1) is 15.5. The van der Waals surface area contributed by atoms with Crippen LogP contribution in [0.2, 0.25) is 0 Å². The van der Waals surface area contributed by atoms with E-state index in [0.29, 0.717) is 5.69 Å². The van der Waals surface area contributed by atoms with E-state index < -0.39 is 18.1 Å². The summed E-state index contributed by atoms with van der Waals surface area (Å²) in [6, 6.07) is 4.98. The number of carbonyl (C=O) groups excluding carboxylic acids is 1. The first-order valence-electron chi connectivity index (χ1n) is 5.62.